The second kappa shape index (κ2) is 7.00. The maximum absolute atomic E-state index is 12.4. The van der Waals surface area contributed by atoms with E-state index in [1.807, 2.05) is 0 Å². The molecule has 132 valence electrons. The lowest BCUT2D eigenvalue weighted by Gasteiger charge is -2.36. The van der Waals surface area contributed by atoms with E-state index in [9.17, 15) is 4.79 Å². The van der Waals surface area contributed by atoms with Crippen LogP contribution in [0.2, 0.25) is 0 Å². The van der Waals surface area contributed by atoms with Crippen molar-refractivity contribution in [3.8, 4) is 0 Å². The predicted molar refractivity (Wildman–Crippen MR) is 95.4 cm³/mol. The summed E-state index contributed by atoms with van der Waals surface area (Å²) >= 11 is 0. The van der Waals surface area contributed by atoms with Gasteiger partial charge >= 0.3 is 0 Å². The number of nitrogens with zero attached hydrogens (tertiary/aromatic N) is 2. The summed E-state index contributed by atoms with van der Waals surface area (Å²) in [6, 6.07) is 13.0. The largest absolute Gasteiger partial charge is 0.360 e. The summed E-state index contributed by atoms with van der Waals surface area (Å²) in [6.45, 7) is 4.24. The molecule has 1 atom stereocenters. The van der Waals surface area contributed by atoms with Crippen molar-refractivity contribution in [2.75, 3.05) is 13.1 Å². The summed E-state index contributed by atoms with van der Waals surface area (Å²) in [5.41, 5.74) is 1.77. The molecule has 0 radical (unpaired) electrons. The molecule has 1 aliphatic heterocycles. The standard InChI is InChI=1S/C20H25N3O2/c1-14(15-5-3-2-4-6-15)23-11-9-17(10-12-23)21-20(24)18-13-19(25-22-18)16-7-8-16/h2-6,13-14,16-17H,7-12H2,1H3,(H,21,24). The highest BCUT2D eigenvalue weighted by Crippen LogP contribution is 2.40. The number of nitrogens with one attached hydrogen (secondary N) is 1. The van der Waals surface area contributed by atoms with Gasteiger partial charge in [0.25, 0.3) is 5.91 Å². The van der Waals surface area contributed by atoms with Crippen molar-refractivity contribution in [3.05, 3.63) is 53.4 Å². The molecule has 1 aromatic heterocycles. The fourth-order valence-corrected chi connectivity index (χ4v) is 3.59. The first-order valence-corrected chi connectivity index (χ1v) is 9.27. The van der Waals surface area contributed by atoms with Crippen LogP contribution in [0.1, 0.15) is 66.4 Å². The molecule has 1 saturated heterocycles. The number of hydrogen-bond acceptors (Lipinski definition) is 4. The van der Waals surface area contributed by atoms with E-state index in [1.54, 1.807) is 6.07 Å². The van der Waals surface area contributed by atoms with Crippen molar-refractivity contribution >= 4 is 5.91 Å². The lowest BCUT2D eigenvalue weighted by Crippen LogP contribution is -2.45. The second-order valence-electron chi connectivity index (χ2n) is 7.26. The fourth-order valence-electron chi connectivity index (χ4n) is 3.59. The number of benzene rings is 1. The van der Waals surface area contributed by atoms with Crippen LogP contribution in [-0.4, -0.2) is 35.1 Å². The van der Waals surface area contributed by atoms with Crippen LogP contribution in [-0.2, 0) is 0 Å². The molecule has 1 N–H and O–H groups in total. The lowest BCUT2D eigenvalue weighted by molar-refractivity contribution is 0.0887. The van der Waals surface area contributed by atoms with Gasteiger partial charge in [0.2, 0.25) is 0 Å². The Morgan fingerprint density at radius 1 is 1.20 bits per heavy atom. The van der Waals surface area contributed by atoms with Gasteiger partial charge in [-0.2, -0.15) is 0 Å². The zero-order valence-electron chi connectivity index (χ0n) is 14.6. The Balaban J connectivity index is 1.28. The van der Waals surface area contributed by atoms with Crippen LogP contribution in [0.25, 0.3) is 0 Å². The van der Waals surface area contributed by atoms with Gasteiger partial charge in [0.1, 0.15) is 5.76 Å². The normalized spacial score (nSPS) is 20.4. The van der Waals surface area contributed by atoms with Crippen molar-refractivity contribution in [1.82, 2.24) is 15.4 Å². The van der Waals surface area contributed by atoms with Crippen LogP contribution in [0.15, 0.2) is 40.9 Å². The molecule has 5 heteroatoms. The van der Waals surface area contributed by atoms with E-state index in [0.29, 0.717) is 17.7 Å². The molecule has 0 spiro atoms. The quantitative estimate of drug-likeness (QED) is 0.906. The topological polar surface area (TPSA) is 58.4 Å². The highest BCUT2D eigenvalue weighted by molar-refractivity contribution is 5.92. The highest BCUT2D eigenvalue weighted by Gasteiger charge is 2.30. The van der Waals surface area contributed by atoms with Gasteiger partial charge < -0.3 is 9.84 Å². The maximum atomic E-state index is 12.4. The summed E-state index contributed by atoms with van der Waals surface area (Å²) in [5, 5.41) is 7.05. The van der Waals surface area contributed by atoms with Gasteiger partial charge in [-0.3, -0.25) is 9.69 Å². The molecule has 2 heterocycles. The Morgan fingerprint density at radius 3 is 2.60 bits per heavy atom. The number of hydrogen-bond donors (Lipinski definition) is 1. The molecule has 4 rings (SSSR count). The van der Waals surface area contributed by atoms with E-state index in [4.69, 9.17) is 4.52 Å². The minimum absolute atomic E-state index is 0.106. The Bertz CT molecular complexity index is 716. The number of carbonyl (C=O) groups is 1. The molecule has 1 unspecified atom stereocenters. The Hall–Kier alpha value is -2.14. The first-order valence-electron chi connectivity index (χ1n) is 9.27. The lowest BCUT2D eigenvalue weighted by atomic mass is 10.00. The van der Waals surface area contributed by atoms with E-state index in [0.717, 1.165) is 44.5 Å². The van der Waals surface area contributed by atoms with E-state index in [1.165, 1.54) is 5.56 Å². The van der Waals surface area contributed by atoms with Gasteiger partial charge in [-0.05, 0) is 38.2 Å². The fraction of sp³-hybridized carbons (Fsp3) is 0.500. The first-order chi connectivity index (χ1) is 12.2. The van der Waals surface area contributed by atoms with Crippen LogP contribution in [0.3, 0.4) is 0 Å². The van der Waals surface area contributed by atoms with Crippen LogP contribution in [0.5, 0.6) is 0 Å². The molecule has 1 saturated carbocycles. The average Bonchev–Trinajstić information content (AvgIpc) is 3.39. The molecular formula is C20H25N3O2. The SMILES string of the molecule is CC(c1ccccc1)N1CCC(NC(=O)c2cc(C3CC3)on2)CC1. The minimum atomic E-state index is -0.106. The van der Waals surface area contributed by atoms with Crippen LogP contribution < -0.4 is 5.32 Å². The predicted octanol–water partition coefficient (Wildman–Crippen LogP) is 3.51. The zero-order chi connectivity index (χ0) is 17.2. The monoisotopic (exact) mass is 339 g/mol. The molecule has 1 amide bonds. The molecule has 0 bridgehead atoms. The molecule has 5 nitrogen and oxygen atoms in total. The van der Waals surface area contributed by atoms with Crippen molar-refractivity contribution in [2.24, 2.45) is 0 Å². The van der Waals surface area contributed by atoms with Gasteiger partial charge in [0.15, 0.2) is 5.69 Å². The average molecular weight is 339 g/mol. The molecule has 2 aliphatic rings. The summed E-state index contributed by atoms with van der Waals surface area (Å²) in [7, 11) is 0. The summed E-state index contributed by atoms with van der Waals surface area (Å²) < 4.78 is 5.28. The van der Waals surface area contributed by atoms with Crippen molar-refractivity contribution in [3.63, 3.8) is 0 Å². The van der Waals surface area contributed by atoms with Crippen molar-refractivity contribution in [1.29, 1.82) is 0 Å². The van der Waals surface area contributed by atoms with Crippen LogP contribution in [0.4, 0.5) is 0 Å². The number of amides is 1. The number of aromatic nitrogens is 1. The summed E-state index contributed by atoms with van der Waals surface area (Å²) in [6.07, 6.45) is 4.23. The van der Waals surface area contributed by atoms with Gasteiger partial charge in [-0.25, -0.2) is 0 Å². The number of likely N-dealkylation sites (tertiary alicyclic amines) is 1. The minimum Gasteiger partial charge on any atom is -0.360 e. The Labute approximate surface area is 148 Å². The molecule has 25 heavy (non-hydrogen) atoms. The number of piperidine rings is 1. The van der Waals surface area contributed by atoms with Crippen LogP contribution >= 0.6 is 0 Å². The molecule has 2 aromatic rings. The molecule has 1 aromatic carbocycles. The second-order valence-corrected chi connectivity index (χ2v) is 7.26. The Morgan fingerprint density at radius 2 is 1.92 bits per heavy atom. The van der Waals surface area contributed by atoms with Crippen molar-refractivity contribution < 1.29 is 9.32 Å². The third-order valence-electron chi connectivity index (χ3n) is 5.44. The van der Waals surface area contributed by atoms with Gasteiger partial charge in [0, 0.05) is 37.2 Å². The zero-order valence-corrected chi connectivity index (χ0v) is 14.6. The smallest absolute Gasteiger partial charge is 0.273 e. The molecular weight excluding hydrogens is 314 g/mol. The van der Waals surface area contributed by atoms with E-state index < -0.39 is 0 Å². The van der Waals surface area contributed by atoms with E-state index >= 15 is 0 Å². The van der Waals surface area contributed by atoms with Gasteiger partial charge in [-0.1, -0.05) is 35.5 Å². The number of carbonyl (C=O) groups excluding carboxylic acids is 1. The van der Waals surface area contributed by atoms with Gasteiger partial charge in [-0.15, -0.1) is 0 Å². The van der Waals surface area contributed by atoms with Crippen molar-refractivity contribution in [2.45, 2.75) is 50.6 Å². The first kappa shape index (κ1) is 16.3. The molecule has 1 aliphatic carbocycles. The van der Waals surface area contributed by atoms with E-state index in [-0.39, 0.29) is 11.9 Å². The highest BCUT2D eigenvalue weighted by atomic mass is 16.5. The third-order valence-corrected chi connectivity index (χ3v) is 5.44. The Kier molecular flexibility index (Phi) is 4.57. The maximum Gasteiger partial charge on any atom is 0.273 e. The van der Waals surface area contributed by atoms with E-state index in [2.05, 4.69) is 52.6 Å². The van der Waals surface area contributed by atoms with Crippen LogP contribution in [0, 0.1) is 0 Å². The van der Waals surface area contributed by atoms with Gasteiger partial charge in [0.05, 0.1) is 0 Å². The number of rotatable bonds is 5. The summed E-state index contributed by atoms with van der Waals surface area (Å²) in [4.78, 5) is 14.8. The molecule has 2 fully saturated rings. The summed E-state index contributed by atoms with van der Waals surface area (Å²) in [5.74, 6) is 1.23. The third kappa shape index (κ3) is 3.76.